The SMILES string of the molecule is CCN1CC(CC(=O)OC)CC(NCC2CC2)C1. The molecule has 0 aromatic rings. The van der Waals surface area contributed by atoms with Crippen molar-refractivity contribution in [3.05, 3.63) is 0 Å². The zero-order valence-electron chi connectivity index (χ0n) is 11.7. The molecule has 0 spiro atoms. The van der Waals surface area contributed by atoms with E-state index in [0.717, 1.165) is 38.5 Å². The molecule has 18 heavy (non-hydrogen) atoms. The molecule has 1 aliphatic carbocycles. The van der Waals surface area contributed by atoms with Gasteiger partial charge in [0.25, 0.3) is 0 Å². The number of hydrogen-bond acceptors (Lipinski definition) is 4. The summed E-state index contributed by atoms with van der Waals surface area (Å²) in [5, 5.41) is 3.68. The summed E-state index contributed by atoms with van der Waals surface area (Å²) in [6.07, 6.45) is 4.46. The number of hydrogen-bond donors (Lipinski definition) is 1. The largest absolute Gasteiger partial charge is 0.469 e. The summed E-state index contributed by atoms with van der Waals surface area (Å²) in [6.45, 7) is 6.58. The number of carbonyl (C=O) groups excluding carboxylic acids is 1. The van der Waals surface area contributed by atoms with E-state index in [1.54, 1.807) is 0 Å². The molecule has 2 aliphatic rings. The van der Waals surface area contributed by atoms with Crippen LogP contribution in [0.4, 0.5) is 0 Å². The summed E-state index contributed by atoms with van der Waals surface area (Å²) in [5.41, 5.74) is 0. The minimum absolute atomic E-state index is 0.0705. The Hall–Kier alpha value is -0.610. The number of rotatable bonds is 6. The molecule has 1 saturated carbocycles. The number of likely N-dealkylation sites (tertiary alicyclic amines) is 1. The summed E-state index contributed by atoms with van der Waals surface area (Å²) >= 11 is 0. The van der Waals surface area contributed by atoms with Gasteiger partial charge in [0.2, 0.25) is 0 Å². The molecular formula is C14H26N2O2. The molecule has 2 atom stereocenters. The molecule has 1 heterocycles. The Kier molecular flexibility index (Phi) is 5.01. The molecule has 1 aliphatic heterocycles. The summed E-state index contributed by atoms with van der Waals surface area (Å²) in [5.74, 6) is 1.29. The van der Waals surface area contributed by atoms with Crippen molar-refractivity contribution in [2.24, 2.45) is 11.8 Å². The lowest BCUT2D eigenvalue weighted by atomic mass is 9.91. The monoisotopic (exact) mass is 254 g/mol. The van der Waals surface area contributed by atoms with Gasteiger partial charge in [-0.3, -0.25) is 4.79 Å². The van der Waals surface area contributed by atoms with Crippen LogP contribution in [0.15, 0.2) is 0 Å². The summed E-state index contributed by atoms with van der Waals surface area (Å²) in [4.78, 5) is 13.8. The van der Waals surface area contributed by atoms with E-state index in [9.17, 15) is 4.79 Å². The predicted molar refractivity (Wildman–Crippen MR) is 71.4 cm³/mol. The van der Waals surface area contributed by atoms with Crippen molar-refractivity contribution >= 4 is 5.97 Å². The van der Waals surface area contributed by atoms with Gasteiger partial charge in [0.15, 0.2) is 0 Å². The predicted octanol–water partition coefficient (Wildman–Crippen LogP) is 1.26. The van der Waals surface area contributed by atoms with Gasteiger partial charge in [-0.1, -0.05) is 6.92 Å². The zero-order valence-corrected chi connectivity index (χ0v) is 11.7. The molecule has 2 fully saturated rings. The molecule has 104 valence electrons. The lowest BCUT2D eigenvalue weighted by molar-refractivity contribution is -0.142. The maximum absolute atomic E-state index is 11.4. The Morgan fingerprint density at radius 3 is 2.72 bits per heavy atom. The fourth-order valence-electron chi connectivity index (χ4n) is 2.83. The number of ether oxygens (including phenoxy) is 1. The highest BCUT2D eigenvalue weighted by atomic mass is 16.5. The molecule has 0 radical (unpaired) electrons. The lowest BCUT2D eigenvalue weighted by Crippen LogP contribution is -2.49. The topological polar surface area (TPSA) is 41.6 Å². The van der Waals surface area contributed by atoms with Crippen molar-refractivity contribution in [1.29, 1.82) is 0 Å². The van der Waals surface area contributed by atoms with Crippen molar-refractivity contribution < 1.29 is 9.53 Å². The van der Waals surface area contributed by atoms with E-state index in [1.165, 1.54) is 20.0 Å². The Morgan fingerprint density at radius 2 is 2.11 bits per heavy atom. The fourth-order valence-corrected chi connectivity index (χ4v) is 2.83. The second-order valence-corrected chi connectivity index (χ2v) is 5.78. The molecule has 4 heteroatoms. The van der Waals surface area contributed by atoms with E-state index < -0.39 is 0 Å². The maximum atomic E-state index is 11.4. The van der Waals surface area contributed by atoms with Crippen LogP contribution < -0.4 is 5.32 Å². The molecule has 0 amide bonds. The van der Waals surface area contributed by atoms with Gasteiger partial charge in [0.05, 0.1) is 7.11 Å². The molecule has 0 aromatic carbocycles. The van der Waals surface area contributed by atoms with Crippen LogP contribution in [-0.2, 0) is 9.53 Å². The first kappa shape index (κ1) is 13.8. The van der Waals surface area contributed by atoms with Gasteiger partial charge < -0.3 is 15.0 Å². The molecule has 4 nitrogen and oxygen atoms in total. The van der Waals surface area contributed by atoms with E-state index in [-0.39, 0.29) is 5.97 Å². The van der Waals surface area contributed by atoms with E-state index >= 15 is 0 Å². The Labute approximate surface area is 110 Å². The summed E-state index contributed by atoms with van der Waals surface area (Å²) < 4.78 is 4.79. The van der Waals surface area contributed by atoms with E-state index in [2.05, 4.69) is 17.1 Å². The molecule has 1 saturated heterocycles. The molecule has 0 aromatic heterocycles. The first-order valence-electron chi connectivity index (χ1n) is 7.23. The van der Waals surface area contributed by atoms with Crippen LogP contribution in [-0.4, -0.2) is 50.2 Å². The number of methoxy groups -OCH3 is 1. The van der Waals surface area contributed by atoms with Crippen LogP contribution in [0, 0.1) is 11.8 Å². The lowest BCUT2D eigenvalue weighted by Gasteiger charge is -2.37. The van der Waals surface area contributed by atoms with Gasteiger partial charge in [0, 0.05) is 25.6 Å². The molecular weight excluding hydrogens is 228 g/mol. The van der Waals surface area contributed by atoms with Crippen molar-refractivity contribution in [2.75, 3.05) is 33.3 Å². The van der Waals surface area contributed by atoms with Crippen LogP contribution in [0.1, 0.15) is 32.6 Å². The smallest absolute Gasteiger partial charge is 0.305 e. The number of nitrogens with zero attached hydrogens (tertiary/aromatic N) is 1. The number of carbonyl (C=O) groups is 1. The van der Waals surface area contributed by atoms with Crippen LogP contribution in [0.2, 0.25) is 0 Å². The Bertz CT molecular complexity index is 279. The highest BCUT2D eigenvalue weighted by Crippen LogP contribution is 2.28. The van der Waals surface area contributed by atoms with Crippen molar-refractivity contribution in [3.8, 4) is 0 Å². The van der Waals surface area contributed by atoms with Crippen LogP contribution in [0.25, 0.3) is 0 Å². The van der Waals surface area contributed by atoms with Gasteiger partial charge >= 0.3 is 5.97 Å². The van der Waals surface area contributed by atoms with Crippen LogP contribution >= 0.6 is 0 Å². The first-order valence-corrected chi connectivity index (χ1v) is 7.23. The highest BCUT2D eigenvalue weighted by Gasteiger charge is 2.29. The quantitative estimate of drug-likeness (QED) is 0.725. The Balaban J connectivity index is 1.79. The minimum atomic E-state index is -0.0705. The number of esters is 1. The van der Waals surface area contributed by atoms with E-state index in [4.69, 9.17) is 4.74 Å². The Morgan fingerprint density at radius 1 is 1.33 bits per heavy atom. The van der Waals surface area contributed by atoms with Gasteiger partial charge in [0.1, 0.15) is 0 Å². The molecule has 2 rings (SSSR count). The van der Waals surface area contributed by atoms with Crippen LogP contribution in [0.3, 0.4) is 0 Å². The number of likely N-dealkylation sites (N-methyl/N-ethyl adjacent to an activating group) is 1. The van der Waals surface area contributed by atoms with Crippen molar-refractivity contribution in [3.63, 3.8) is 0 Å². The average Bonchev–Trinajstić information content (AvgIpc) is 3.20. The maximum Gasteiger partial charge on any atom is 0.305 e. The fraction of sp³-hybridized carbons (Fsp3) is 0.929. The van der Waals surface area contributed by atoms with Gasteiger partial charge in [-0.05, 0) is 44.2 Å². The van der Waals surface area contributed by atoms with Gasteiger partial charge in [-0.25, -0.2) is 0 Å². The second-order valence-electron chi connectivity index (χ2n) is 5.78. The molecule has 0 bridgehead atoms. The first-order chi connectivity index (χ1) is 8.71. The average molecular weight is 254 g/mol. The third-order valence-electron chi connectivity index (χ3n) is 4.14. The summed E-state index contributed by atoms with van der Waals surface area (Å²) in [6, 6.07) is 0.550. The second kappa shape index (κ2) is 6.53. The molecule has 2 unspecified atom stereocenters. The van der Waals surface area contributed by atoms with E-state index in [1.807, 2.05) is 0 Å². The van der Waals surface area contributed by atoms with Gasteiger partial charge in [-0.2, -0.15) is 0 Å². The third kappa shape index (κ3) is 4.25. The van der Waals surface area contributed by atoms with Gasteiger partial charge in [-0.15, -0.1) is 0 Å². The summed E-state index contributed by atoms with van der Waals surface area (Å²) in [7, 11) is 1.48. The standard InChI is InChI=1S/C14H26N2O2/c1-3-16-9-12(7-14(17)18-2)6-13(10-16)15-8-11-4-5-11/h11-13,15H,3-10H2,1-2H3. The number of piperidine rings is 1. The normalized spacial score (nSPS) is 29.2. The minimum Gasteiger partial charge on any atom is -0.469 e. The molecule has 1 N–H and O–H groups in total. The van der Waals surface area contributed by atoms with E-state index in [0.29, 0.717) is 18.4 Å². The number of nitrogens with one attached hydrogen (secondary N) is 1. The van der Waals surface area contributed by atoms with Crippen LogP contribution in [0.5, 0.6) is 0 Å². The third-order valence-corrected chi connectivity index (χ3v) is 4.14. The van der Waals surface area contributed by atoms with Crippen molar-refractivity contribution in [2.45, 2.75) is 38.6 Å². The zero-order chi connectivity index (χ0) is 13.0. The van der Waals surface area contributed by atoms with Crippen molar-refractivity contribution in [1.82, 2.24) is 10.2 Å². The highest BCUT2D eigenvalue weighted by molar-refractivity contribution is 5.69.